The minimum absolute atomic E-state index is 0.279. The summed E-state index contributed by atoms with van der Waals surface area (Å²) in [5.41, 5.74) is 4.84. The highest BCUT2D eigenvalue weighted by molar-refractivity contribution is 5.79. The molecule has 0 fully saturated rings. The van der Waals surface area contributed by atoms with Gasteiger partial charge in [0.25, 0.3) is 0 Å². The first-order chi connectivity index (χ1) is 11.9. The van der Waals surface area contributed by atoms with Crippen molar-refractivity contribution in [3.63, 3.8) is 0 Å². The number of aryl methyl sites for hydroxylation is 4. The predicted octanol–water partition coefficient (Wildman–Crippen LogP) is 1.73. The summed E-state index contributed by atoms with van der Waals surface area (Å²) in [5, 5.41) is 15.6. The second-order valence-corrected chi connectivity index (χ2v) is 6.66. The van der Waals surface area contributed by atoms with E-state index in [1.165, 1.54) is 16.8 Å². The molecule has 2 aromatic heterocycles. The summed E-state index contributed by atoms with van der Waals surface area (Å²) in [7, 11) is 3.80. The molecular weight excluding hydrogens is 314 g/mol. The van der Waals surface area contributed by atoms with Gasteiger partial charge in [-0.3, -0.25) is 14.4 Å². The number of hydrogen-bond donors (Lipinski definition) is 2. The molecule has 2 rings (SSSR count). The molecule has 25 heavy (non-hydrogen) atoms. The summed E-state index contributed by atoms with van der Waals surface area (Å²) >= 11 is 0. The monoisotopic (exact) mass is 345 g/mol. The topological polar surface area (TPSA) is 72.1 Å². The lowest BCUT2D eigenvalue weighted by Crippen LogP contribution is -2.43. The van der Waals surface area contributed by atoms with Crippen LogP contribution in [0.5, 0.6) is 0 Å². The lowest BCUT2D eigenvalue weighted by molar-refractivity contribution is 0.565. The Morgan fingerprint density at radius 2 is 2.08 bits per heavy atom. The lowest BCUT2D eigenvalue weighted by Gasteiger charge is -2.18. The molecule has 138 valence electrons. The van der Waals surface area contributed by atoms with Crippen LogP contribution < -0.4 is 10.6 Å². The van der Waals surface area contributed by atoms with E-state index in [4.69, 9.17) is 0 Å². The number of aromatic nitrogens is 4. The summed E-state index contributed by atoms with van der Waals surface area (Å²) in [4.78, 5) is 4.32. The smallest absolute Gasteiger partial charge is 0.191 e. The maximum atomic E-state index is 4.49. The van der Waals surface area contributed by atoms with Gasteiger partial charge >= 0.3 is 0 Å². The minimum atomic E-state index is 0.279. The van der Waals surface area contributed by atoms with E-state index in [0.29, 0.717) is 0 Å². The van der Waals surface area contributed by atoms with Crippen LogP contribution in [0.2, 0.25) is 0 Å². The van der Waals surface area contributed by atoms with E-state index in [1.807, 2.05) is 22.6 Å². The molecule has 0 saturated carbocycles. The molecule has 0 amide bonds. The van der Waals surface area contributed by atoms with Gasteiger partial charge in [-0.05, 0) is 51.7 Å². The van der Waals surface area contributed by atoms with Crippen molar-refractivity contribution in [2.75, 3.05) is 13.6 Å². The van der Waals surface area contributed by atoms with Gasteiger partial charge in [0.15, 0.2) is 5.96 Å². The van der Waals surface area contributed by atoms with Crippen LogP contribution in [0.25, 0.3) is 0 Å². The van der Waals surface area contributed by atoms with Gasteiger partial charge in [0.2, 0.25) is 0 Å². The third kappa shape index (κ3) is 5.34. The van der Waals surface area contributed by atoms with Gasteiger partial charge in [0.05, 0.1) is 11.9 Å². The Morgan fingerprint density at radius 1 is 1.32 bits per heavy atom. The van der Waals surface area contributed by atoms with E-state index in [2.05, 4.69) is 59.7 Å². The average Bonchev–Trinajstić information content (AvgIpc) is 3.08. The lowest BCUT2D eigenvalue weighted by atomic mass is 10.1. The minimum Gasteiger partial charge on any atom is -0.356 e. The zero-order valence-corrected chi connectivity index (χ0v) is 16.3. The highest BCUT2D eigenvalue weighted by atomic mass is 15.3. The number of guanidine groups is 1. The van der Waals surface area contributed by atoms with Crippen LogP contribution in [0, 0.1) is 20.8 Å². The van der Waals surface area contributed by atoms with Gasteiger partial charge in [-0.1, -0.05) is 0 Å². The van der Waals surface area contributed by atoms with Crippen molar-refractivity contribution in [1.82, 2.24) is 30.2 Å². The third-order valence-corrected chi connectivity index (χ3v) is 4.39. The Kier molecular flexibility index (Phi) is 6.61. The molecule has 0 bridgehead atoms. The fourth-order valence-corrected chi connectivity index (χ4v) is 2.94. The standard InChI is InChI=1S/C18H31N7/c1-13-11-21-25(12-13)9-7-8-20-18(19-5)22-14(2)10-17-15(3)23-24(6)16(17)4/h11-12,14H,7-10H2,1-6H3,(H2,19,20,22). The molecule has 2 N–H and O–H groups in total. The van der Waals surface area contributed by atoms with E-state index >= 15 is 0 Å². The molecule has 0 spiro atoms. The maximum Gasteiger partial charge on any atom is 0.191 e. The van der Waals surface area contributed by atoms with Crippen LogP contribution in [0.3, 0.4) is 0 Å². The van der Waals surface area contributed by atoms with Crippen LogP contribution >= 0.6 is 0 Å². The van der Waals surface area contributed by atoms with Gasteiger partial charge in [-0.25, -0.2) is 0 Å². The fourth-order valence-electron chi connectivity index (χ4n) is 2.94. The highest BCUT2D eigenvalue weighted by Crippen LogP contribution is 2.14. The van der Waals surface area contributed by atoms with Gasteiger partial charge in [0.1, 0.15) is 0 Å². The summed E-state index contributed by atoms with van der Waals surface area (Å²) in [6, 6.07) is 0.279. The van der Waals surface area contributed by atoms with E-state index in [9.17, 15) is 0 Å². The van der Waals surface area contributed by atoms with E-state index in [1.54, 1.807) is 7.05 Å². The molecule has 0 saturated heterocycles. The molecule has 2 aromatic rings. The zero-order valence-electron chi connectivity index (χ0n) is 16.3. The van der Waals surface area contributed by atoms with Gasteiger partial charge < -0.3 is 10.6 Å². The van der Waals surface area contributed by atoms with Crippen molar-refractivity contribution in [3.05, 3.63) is 34.9 Å². The molecule has 1 atom stereocenters. The zero-order chi connectivity index (χ0) is 18.4. The SMILES string of the molecule is CN=C(NCCCn1cc(C)cn1)NC(C)Cc1c(C)nn(C)c1C. The molecule has 0 aliphatic carbocycles. The van der Waals surface area contributed by atoms with E-state index in [-0.39, 0.29) is 6.04 Å². The van der Waals surface area contributed by atoms with Crippen LogP contribution in [-0.2, 0) is 20.0 Å². The van der Waals surface area contributed by atoms with Crippen LogP contribution in [0.1, 0.15) is 35.9 Å². The quantitative estimate of drug-likeness (QED) is 0.455. The molecular formula is C18H31N7. The number of rotatable bonds is 7. The number of nitrogens with zero attached hydrogens (tertiary/aromatic N) is 5. The second-order valence-electron chi connectivity index (χ2n) is 6.66. The van der Waals surface area contributed by atoms with Crippen molar-refractivity contribution in [2.45, 2.75) is 53.1 Å². The molecule has 2 heterocycles. The average molecular weight is 345 g/mol. The van der Waals surface area contributed by atoms with Crippen molar-refractivity contribution in [2.24, 2.45) is 12.0 Å². The Bertz CT molecular complexity index is 711. The van der Waals surface area contributed by atoms with Crippen LogP contribution in [-0.4, -0.2) is 45.2 Å². The predicted molar refractivity (Wildman–Crippen MR) is 102 cm³/mol. The third-order valence-electron chi connectivity index (χ3n) is 4.39. The Hall–Kier alpha value is -2.31. The van der Waals surface area contributed by atoms with Gasteiger partial charge in [-0.2, -0.15) is 10.2 Å². The maximum absolute atomic E-state index is 4.49. The molecule has 7 nitrogen and oxygen atoms in total. The van der Waals surface area contributed by atoms with Crippen LogP contribution in [0.4, 0.5) is 0 Å². The highest BCUT2D eigenvalue weighted by Gasteiger charge is 2.13. The Labute approximate surface area is 150 Å². The Balaban J connectivity index is 1.77. The summed E-state index contributed by atoms with van der Waals surface area (Å²) in [5.74, 6) is 0.836. The summed E-state index contributed by atoms with van der Waals surface area (Å²) in [6.07, 6.45) is 5.88. The van der Waals surface area contributed by atoms with E-state index in [0.717, 1.165) is 37.6 Å². The summed E-state index contributed by atoms with van der Waals surface area (Å²) < 4.78 is 3.92. The van der Waals surface area contributed by atoms with Crippen molar-refractivity contribution < 1.29 is 0 Å². The summed E-state index contributed by atoms with van der Waals surface area (Å²) in [6.45, 7) is 10.2. The molecule has 0 aromatic carbocycles. The molecule has 1 unspecified atom stereocenters. The first-order valence-electron chi connectivity index (χ1n) is 8.86. The van der Waals surface area contributed by atoms with Crippen LogP contribution in [0.15, 0.2) is 17.4 Å². The van der Waals surface area contributed by atoms with Crippen molar-refractivity contribution in [1.29, 1.82) is 0 Å². The molecule has 0 radical (unpaired) electrons. The number of hydrogen-bond acceptors (Lipinski definition) is 3. The largest absolute Gasteiger partial charge is 0.356 e. The second kappa shape index (κ2) is 8.69. The number of aliphatic imine (C=N–C) groups is 1. The first-order valence-corrected chi connectivity index (χ1v) is 8.86. The molecule has 0 aliphatic heterocycles. The van der Waals surface area contributed by atoms with E-state index < -0.39 is 0 Å². The fraction of sp³-hybridized carbons (Fsp3) is 0.611. The Morgan fingerprint density at radius 3 is 2.64 bits per heavy atom. The normalized spacial score (nSPS) is 13.1. The van der Waals surface area contributed by atoms with Gasteiger partial charge in [0, 0.05) is 45.1 Å². The van der Waals surface area contributed by atoms with Crippen molar-refractivity contribution in [3.8, 4) is 0 Å². The molecule has 0 aliphatic rings. The first kappa shape index (κ1) is 19.0. The molecule has 7 heteroatoms. The van der Waals surface area contributed by atoms with Gasteiger partial charge in [-0.15, -0.1) is 0 Å². The van der Waals surface area contributed by atoms with Crippen molar-refractivity contribution >= 4 is 5.96 Å². The number of nitrogens with one attached hydrogen (secondary N) is 2.